The van der Waals surface area contributed by atoms with Crippen LogP contribution >= 0.6 is 0 Å². The minimum absolute atomic E-state index is 0.160. The molecule has 1 saturated heterocycles. The van der Waals surface area contributed by atoms with Gasteiger partial charge in [-0.15, -0.1) is 0 Å². The van der Waals surface area contributed by atoms with Crippen molar-refractivity contribution >= 4 is 0 Å². The van der Waals surface area contributed by atoms with Crippen molar-refractivity contribution in [3.63, 3.8) is 0 Å². The highest BCUT2D eigenvalue weighted by atomic mass is 16.5. The molecule has 1 aromatic carbocycles. The van der Waals surface area contributed by atoms with Gasteiger partial charge in [0.2, 0.25) is 0 Å². The van der Waals surface area contributed by atoms with Gasteiger partial charge < -0.3 is 14.8 Å². The first-order valence-electron chi connectivity index (χ1n) is 8.86. The molecule has 5 heteroatoms. The van der Waals surface area contributed by atoms with Crippen LogP contribution in [0.5, 0.6) is 5.75 Å². The second kappa shape index (κ2) is 8.31. The van der Waals surface area contributed by atoms with Gasteiger partial charge in [0.1, 0.15) is 5.75 Å². The number of benzene rings is 1. The van der Waals surface area contributed by atoms with Crippen molar-refractivity contribution in [2.75, 3.05) is 19.8 Å². The summed E-state index contributed by atoms with van der Waals surface area (Å²) in [7, 11) is 0. The smallest absolute Gasteiger partial charge is 0.119 e. The highest BCUT2D eigenvalue weighted by molar-refractivity contribution is 5.28. The van der Waals surface area contributed by atoms with Crippen molar-refractivity contribution in [3.05, 3.63) is 47.8 Å². The lowest BCUT2D eigenvalue weighted by atomic mass is 9.97. The summed E-state index contributed by atoms with van der Waals surface area (Å²) in [5.74, 6) is 1.43. The number of rotatable bonds is 8. The van der Waals surface area contributed by atoms with Crippen LogP contribution in [0.2, 0.25) is 0 Å². The number of hydrogen-bond donors (Lipinski definition) is 1. The van der Waals surface area contributed by atoms with Crippen LogP contribution in [0.15, 0.2) is 36.7 Å². The summed E-state index contributed by atoms with van der Waals surface area (Å²) in [5.41, 5.74) is 2.44. The number of nitrogens with zero attached hydrogens (tertiary/aromatic N) is 2. The third-order valence-electron chi connectivity index (χ3n) is 4.47. The predicted octanol–water partition coefficient (Wildman–Crippen LogP) is 3.17. The Morgan fingerprint density at radius 3 is 3.08 bits per heavy atom. The molecule has 0 aliphatic carbocycles. The van der Waals surface area contributed by atoms with E-state index in [1.165, 1.54) is 11.1 Å². The van der Waals surface area contributed by atoms with E-state index in [0.717, 1.165) is 38.4 Å². The molecule has 1 fully saturated rings. The van der Waals surface area contributed by atoms with Crippen LogP contribution in [0.3, 0.4) is 0 Å². The van der Waals surface area contributed by atoms with Crippen molar-refractivity contribution in [3.8, 4) is 5.75 Å². The van der Waals surface area contributed by atoms with Gasteiger partial charge in [-0.2, -0.15) is 5.10 Å². The average Bonchev–Trinajstić information content (AvgIpc) is 3.24. The van der Waals surface area contributed by atoms with Gasteiger partial charge in [-0.05, 0) is 38.0 Å². The lowest BCUT2D eigenvalue weighted by Crippen LogP contribution is -2.24. The Bertz CT molecular complexity index is 641. The highest BCUT2D eigenvalue weighted by Gasteiger charge is 2.30. The van der Waals surface area contributed by atoms with Gasteiger partial charge in [0.15, 0.2) is 0 Å². The van der Waals surface area contributed by atoms with E-state index in [9.17, 15) is 0 Å². The molecule has 2 heterocycles. The van der Waals surface area contributed by atoms with Crippen LogP contribution in [0, 0.1) is 5.92 Å². The minimum Gasteiger partial charge on any atom is -0.494 e. The van der Waals surface area contributed by atoms with E-state index >= 15 is 0 Å². The fraction of sp³-hybridized carbons (Fsp3) is 0.526. The SMILES string of the molecule is CCOc1cccc(CNCC2CCOC2c2cnn(CC)c2)c1. The molecular weight excluding hydrogens is 302 g/mol. The number of nitrogens with one attached hydrogen (secondary N) is 1. The van der Waals surface area contributed by atoms with Crippen LogP contribution in [0.1, 0.15) is 37.5 Å². The molecule has 0 spiro atoms. The second-order valence-corrected chi connectivity index (χ2v) is 6.18. The van der Waals surface area contributed by atoms with Crippen molar-refractivity contribution in [1.29, 1.82) is 0 Å². The number of ether oxygens (including phenoxy) is 2. The molecule has 0 bridgehead atoms. The summed E-state index contributed by atoms with van der Waals surface area (Å²) >= 11 is 0. The molecule has 5 nitrogen and oxygen atoms in total. The van der Waals surface area contributed by atoms with E-state index in [1.54, 1.807) is 0 Å². The first-order chi connectivity index (χ1) is 11.8. The third kappa shape index (κ3) is 4.16. The molecule has 0 amide bonds. The molecule has 2 aromatic rings. The standard InChI is InChI=1S/C19H27N3O2/c1-3-22-14-17(13-21-22)19-16(8-9-24-19)12-20-11-15-6-5-7-18(10-15)23-4-2/h5-7,10,13-14,16,19-20H,3-4,8-9,11-12H2,1-2H3. The summed E-state index contributed by atoms with van der Waals surface area (Å²) in [6.07, 6.45) is 5.30. The summed E-state index contributed by atoms with van der Waals surface area (Å²) in [4.78, 5) is 0. The largest absolute Gasteiger partial charge is 0.494 e. The minimum atomic E-state index is 0.160. The van der Waals surface area contributed by atoms with Crippen LogP contribution in [0.25, 0.3) is 0 Å². The van der Waals surface area contributed by atoms with Crippen molar-refractivity contribution in [2.24, 2.45) is 5.92 Å². The molecule has 24 heavy (non-hydrogen) atoms. The quantitative estimate of drug-likeness (QED) is 0.808. The maximum absolute atomic E-state index is 5.95. The zero-order valence-corrected chi connectivity index (χ0v) is 14.6. The van der Waals surface area contributed by atoms with E-state index in [1.807, 2.05) is 29.9 Å². The molecule has 3 rings (SSSR count). The fourth-order valence-corrected chi connectivity index (χ4v) is 3.22. The summed E-state index contributed by atoms with van der Waals surface area (Å²) in [5, 5.41) is 7.94. The molecular formula is C19H27N3O2. The zero-order chi connectivity index (χ0) is 16.8. The predicted molar refractivity (Wildman–Crippen MR) is 94.0 cm³/mol. The highest BCUT2D eigenvalue weighted by Crippen LogP contribution is 2.33. The van der Waals surface area contributed by atoms with Crippen LogP contribution in [-0.4, -0.2) is 29.5 Å². The average molecular weight is 329 g/mol. The number of hydrogen-bond acceptors (Lipinski definition) is 4. The Morgan fingerprint density at radius 2 is 2.29 bits per heavy atom. The molecule has 2 atom stereocenters. The molecule has 2 unspecified atom stereocenters. The Labute approximate surface area is 144 Å². The van der Waals surface area contributed by atoms with Gasteiger partial charge >= 0.3 is 0 Å². The first kappa shape index (κ1) is 17.0. The van der Waals surface area contributed by atoms with E-state index < -0.39 is 0 Å². The van der Waals surface area contributed by atoms with E-state index in [2.05, 4.69) is 35.7 Å². The molecule has 1 aliphatic heterocycles. The van der Waals surface area contributed by atoms with Gasteiger partial charge in [0.05, 0.1) is 18.9 Å². The van der Waals surface area contributed by atoms with Gasteiger partial charge in [0.25, 0.3) is 0 Å². The maximum atomic E-state index is 5.95. The summed E-state index contributed by atoms with van der Waals surface area (Å²) in [6, 6.07) is 8.27. The van der Waals surface area contributed by atoms with Crippen LogP contribution in [-0.2, 0) is 17.8 Å². The summed E-state index contributed by atoms with van der Waals surface area (Å²) in [6.45, 7) is 8.32. The Hall–Kier alpha value is -1.85. The zero-order valence-electron chi connectivity index (χ0n) is 14.6. The molecule has 1 aromatic heterocycles. The van der Waals surface area contributed by atoms with Gasteiger partial charge in [-0.3, -0.25) is 4.68 Å². The fourth-order valence-electron chi connectivity index (χ4n) is 3.22. The number of aryl methyl sites for hydroxylation is 1. The topological polar surface area (TPSA) is 48.3 Å². The first-order valence-corrected chi connectivity index (χ1v) is 8.86. The molecule has 1 N–H and O–H groups in total. The maximum Gasteiger partial charge on any atom is 0.119 e. The lowest BCUT2D eigenvalue weighted by Gasteiger charge is -2.18. The Kier molecular flexibility index (Phi) is 5.88. The van der Waals surface area contributed by atoms with Crippen molar-refractivity contribution in [1.82, 2.24) is 15.1 Å². The molecule has 1 aliphatic rings. The van der Waals surface area contributed by atoms with E-state index in [4.69, 9.17) is 9.47 Å². The van der Waals surface area contributed by atoms with E-state index in [-0.39, 0.29) is 6.10 Å². The van der Waals surface area contributed by atoms with Crippen LogP contribution < -0.4 is 10.1 Å². The van der Waals surface area contributed by atoms with Gasteiger partial charge in [-0.1, -0.05) is 12.1 Å². The van der Waals surface area contributed by atoms with E-state index in [0.29, 0.717) is 12.5 Å². The molecule has 0 radical (unpaired) electrons. The normalized spacial score (nSPS) is 20.4. The molecule has 130 valence electrons. The third-order valence-corrected chi connectivity index (χ3v) is 4.47. The number of aromatic nitrogens is 2. The second-order valence-electron chi connectivity index (χ2n) is 6.18. The Morgan fingerprint density at radius 1 is 1.38 bits per heavy atom. The monoisotopic (exact) mass is 329 g/mol. The molecule has 0 saturated carbocycles. The van der Waals surface area contributed by atoms with Crippen LogP contribution in [0.4, 0.5) is 0 Å². The Balaban J connectivity index is 1.53. The van der Waals surface area contributed by atoms with Gasteiger partial charge in [-0.25, -0.2) is 0 Å². The lowest BCUT2D eigenvalue weighted by molar-refractivity contribution is 0.0904. The van der Waals surface area contributed by atoms with Gasteiger partial charge in [0, 0.05) is 43.9 Å². The van der Waals surface area contributed by atoms with Crippen molar-refractivity contribution in [2.45, 2.75) is 39.5 Å². The summed E-state index contributed by atoms with van der Waals surface area (Å²) < 4.78 is 13.5. The van der Waals surface area contributed by atoms with Crippen molar-refractivity contribution < 1.29 is 9.47 Å².